The second-order valence-electron chi connectivity index (χ2n) is 8.70. The lowest BCUT2D eigenvalue weighted by Crippen LogP contribution is -2.29. The van der Waals surface area contributed by atoms with Gasteiger partial charge in [0.05, 0.1) is 12.2 Å². The Morgan fingerprint density at radius 3 is 1.58 bits per heavy atom. The van der Waals surface area contributed by atoms with Crippen molar-refractivity contribution in [2.24, 2.45) is 0 Å². The summed E-state index contributed by atoms with van der Waals surface area (Å²) in [7, 11) is 0. The Labute approximate surface area is 182 Å². The Balaban J connectivity index is 1.75. The van der Waals surface area contributed by atoms with E-state index in [4.69, 9.17) is 14.2 Å². The normalized spacial score (nSPS) is 17.7. The average molecular weight is 415 g/mol. The van der Waals surface area contributed by atoms with Gasteiger partial charge in [0.1, 0.15) is 11.5 Å². The SMILES string of the molecule is CC(C)OC(=O)Oc1ccc(OC(C)C)c2c1C1c3ccccc3C2c2ccccc21. The summed E-state index contributed by atoms with van der Waals surface area (Å²) < 4.78 is 17.3. The Hall–Kier alpha value is -3.27. The molecular weight excluding hydrogens is 388 g/mol. The summed E-state index contributed by atoms with van der Waals surface area (Å²) in [5.74, 6) is 1.39. The summed E-state index contributed by atoms with van der Waals surface area (Å²) in [6.07, 6.45) is -0.893. The van der Waals surface area contributed by atoms with Gasteiger partial charge < -0.3 is 14.2 Å². The number of benzene rings is 3. The van der Waals surface area contributed by atoms with Crippen LogP contribution in [0, 0.1) is 0 Å². The van der Waals surface area contributed by atoms with Crippen molar-refractivity contribution < 1.29 is 19.0 Å². The summed E-state index contributed by atoms with van der Waals surface area (Å²) in [6, 6.07) is 20.8. The summed E-state index contributed by atoms with van der Waals surface area (Å²) in [6.45, 7) is 7.68. The third-order valence-corrected chi connectivity index (χ3v) is 5.91. The average Bonchev–Trinajstić information content (AvgIpc) is 2.74. The molecule has 4 heteroatoms. The Morgan fingerprint density at radius 2 is 1.13 bits per heavy atom. The lowest BCUT2D eigenvalue weighted by atomic mass is 9.60. The highest BCUT2D eigenvalue weighted by Crippen LogP contribution is 2.60. The summed E-state index contributed by atoms with van der Waals surface area (Å²) in [5.41, 5.74) is 7.17. The minimum Gasteiger partial charge on any atom is -0.491 e. The molecule has 31 heavy (non-hydrogen) atoms. The standard InChI is InChI=1S/C27H26O4/c1-15(2)29-21-13-14-22(31-27(28)30-16(3)4)26-24-19-11-7-5-9-17(19)23(25(21)26)18-10-6-8-12-20(18)24/h5-16,23-24H,1-4H3. The molecule has 0 amide bonds. The molecular formula is C27H26O4. The smallest absolute Gasteiger partial charge is 0.491 e. The third-order valence-electron chi connectivity index (χ3n) is 5.91. The summed E-state index contributed by atoms with van der Waals surface area (Å²) in [4.78, 5) is 12.4. The van der Waals surface area contributed by atoms with E-state index in [1.54, 1.807) is 0 Å². The molecule has 3 aliphatic carbocycles. The Bertz CT molecular complexity index is 1110. The predicted octanol–water partition coefficient (Wildman–Crippen LogP) is 6.38. The number of carbonyl (C=O) groups is 1. The van der Waals surface area contributed by atoms with Crippen molar-refractivity contribution in [3.8, 4) is 11.5 Å². The van der Waals surface area contributed by atoms with Crippen LogP contribution in [-0.4, -0.2) is 18.4 Å². The van der Waals surface area contributed by atoms with Gasteiger partial charge in [0.15, 0.2) is 0 Å². The van der Waals surface area contributed by atoms with Gasteiger partial charge in [0, 0.05) is 23.0 Å². The molecule has 3 aromatic rings. The van der Waals surface area contributed by atoms with Crippen LogP contribution in [0.4, 0.5) is 4.79 Å². The van der Waals surface area contributed by atoms with Crippen LogP contribution < -0.4 is 9.47 Å². The van der Waals surface area contributed by atoms with E-state index in [-0.39, 0.29) is 24.0 Å². The maximum atomic E-state index is 12.4. The van der Waals surface area contributed by atoms with Gasteiger partial charge in [-0.25, -0.2) is 4.79 Å². The predicted molar refractivity (Wildman–Crippen MR) is 119 cm³/mol. The van der Waals surface area contributed by atoms with Crippen molar-refractivity contribution in [2.75, 3.05) is 0 Å². The van der Waals surface area contributed by atoms with Crippen molar-refractivity contribution in [3.05, 3.63) is 94.0 Å². The van der Waals surface area contributed by atoms with E-state index in [2.05, 4.69) is 48.5 Å². The molecule has 3 aliphatic rings. The van der Waals surface area contributed by atoms with E-state index in [0.717, 1.165) is 16.9 Å². The quantitative estimate of drug-likeness (QED) is 0.253. The van der Waals surface area contributed by atoms with Gasteiger partial charge in [-0.3, -0.25) is 0 Å². The van der Waals surface area contributed by atoms with Gasteiger partial charge in [-0.05, 0) is 62.1 Å². The van der Waals surface area contributed by atoms with Crippen molar-refractivity contribution in [1.82, 2.24) is 0 Å². The number of hydrogen-bond donors (Lipinski definition) is 0. The summed E-state index contributed by atoms with van der Waals surface area (Å²) >= 11 is 0. The molecule has 158 valence electrons. The van der Waals surface area contributed by atoms with Crippen molar-refractivity contribution in [2.45, 2.75) is 51.7 Å². The van der Waals surface area contributed by atoms with E-state index < -0.39 is 6.16 Å². The zero-order valence-electron chi connectivity index (χ0n) is 18.2. The largest absolute Gasteiger partial charge is 0.514 e. The van der Waals surface area contributed by atoms with Gasteiger partial charge in [0.25, 0.3) is 0 Å². The molecule has 0 fully saturated rings. The molecule has 0 saturated heterocycles. The first kappa shape index (κ1) is 19.7. The molecule has 2 bridgehead atoms. The van der Waals surface area contributed by atoms with Gasteiger partial charge in [-0.1, -0.05) is 48.5 Å². The van der Waals surface area contributed by atoms with Gasteiger partial charge in [-0.2, -0.15) is 0 Å². The van der Waals surface area contributed by atoms with Crippen LogP contribution >= 0.6 is 0 Å². The maximum absolute atomic E-state index is 12.4. The molecule has 0 saturated carbocycles. The van der Waals surface area contributed by atoms with E-state index in [1.165, 1.54) is 22.3 Å². The van der Waals surface area contributed by atoms with Crippen LogP contribution in [0.2, 0.25) is 0 Å². The van der Waals surface area contributed by atoms with E-state index in [0.29, 0.717) is 5.75 Å². The van der Waals surface area contributed by atoms with Crippen LogP contribution in [-0.2, 0) is 4.74 Å². The second-order valence-corrected chi connectivity index (χ2v) is 8.70. The molecule has 0 heterocycles. The molecule has 6 rings (SSSR count). The molecule has 0 atom stereocenters. The number of carbonyl (C=O) groups excluding carboxylic acids is 1. The van der Waals surface area contributed by atoms with E-state index in [9.17, 15) is 4.79 Å². The lowest BCUT2D eigenvalue weighted by Gasteiger charge is -2.43. The highest BCUT2D eigenvalue weighted by atomic mass is 16.7. The minimum absolute atomic E-state index is 0.0232. The fraction of sp³-hybridized carbons (Fsp3) is 0.296. The molecule has 4 nitrogen and oxygen atoms in total. The molecule has 0 aliphatic heterocycles. The molecule has 0 radical (unpaired) electrons. The highest BCUT2D eigenvalue weighted by Gasteiger charge is 2.44. The molecule has 0 N–H and O–H groups in total. The van der Waals surface area contributed by atoms with Crippen molar-refractivity contribution >= 4 is 6.16 Å². The lowest BCUT2D eigenvalue weighted by molar-refractivity contribution is 0.0724. The number of rotatable bonds is 4. The van der Waals surface area contributed by atoms with Crippen LogP contribution in [0.1, 0.15) is 72.9 Å². The first-order chi connectivity index (χ1) is 15.0. The zero-order chi connectivity index (χ0) is 21.7. The van der Waals surface area contributed by atoms with Crippen LogP contribution in [0.3, 0.4) is 0 Å². The van der Waals surface area contributed by atoms with Crippen LogP contribution in [0.5, 0.6) is 11.5 Å². The molecule has 3 aromatic carbocycles. The molecule has 0 unspecified atom stereocenters. The highest BCUT2D eigenvalue weighted by molar-refractivity contribution is 5.75. The first-order valence-electron chi connectivity index (χ1n) is 10.8. The topological polar surface area (TPSA) is 44.8 Å². The van der Waals surface area contributed by atoms with Gasteiger partial charge >= 0.3 is 6.16 Å². The summed E-state index contributed by atoms with van der Waals surface area (Å²) in [5, 5.41) is 0. The maximum Gasteiger partial charge on any atom is 0.514 e. The van der Waals surface area contributed by atoms with Crippen molar-refractivity contribution in [3.63, 3.8) is 0 Å². The zero-order valence-corrected chi connectivity index (χ0v) is 18.2. The van der Waals surface area contributed by atoms with Crippen molar-refractivity contribution in [1.29, 1.82) is 0 Å². The van der Waals surface area contributed by atoms with Gasteiger partial charge in [0.2, 0.25) is 0 Å². The van der Waals surface area contributed by atoms with E-state index >= 15 is 0 Å². The Morgan fingerprint density at radius 1 is 0.677 bits per heavy atom. The fourth-order valence-electron chi connectivity index (χ4n) is 4.97. The van der Waals surface area contributed by atoms with E-state index in [1.807, 2.05) is 39.8 Å². The fourth-order valence-corrected chi connectivity index (χ4v) is 4.97. The third kappa shape index (κ3) is 3.18. The monoisotopic (exact) mass is 414 g/mol. The minimum atomic E-state index is -0.683. The number of ether oxygens (including phenoxy) is 3. The van der Waals surface area contributed by atoms with Gasteiger partial charge in [-0.15, -0.1) is 0 Å². The molecule has 0 aromatic heterocycles. The first-order valence-corrected chi connectivity index (χ1v) is 10.8. The number of hydrogen-bond acceptors (Lipinski definition) is 4. The van der Waals surface area contributed by atoms with Crippen LogP contribution in [0.15, 0.2) is 60.7 Å². The van der Waals surface area contributed by atoms with Crippen LogP contribution in [0.25, 0.3) is 0 Å². The molecule has 0 spiro atoms. The second kappa shape index (κ2) is 7.45. The Kier molecular flexibility index (Phi) is 4.73.